The highest BCUT2D eigenvalue weighted by molar-refractivity contribution is 6.32. The van der Waals surface area contributed by atoms with E-state index in [1.165, 1.54) is 6.92 Å². The van der Waals surface area contributed by atoms with Crippen molar-refractivity contribution in [2.75, 3.05) is 7.11 Å². The first-order chi connectivity index (χ1) is 13.4. The molecule has 0 aliphatic carbocycles. The van der Waals surface area contributed by atoms with Crippen LogP contribution < -0.4 is 9.47 Å². The molecular weight excluding hydrogens is 426 g/mol. The zero-order valence-corrected chi connectivity index (χ0v) is 15.5. The first-order valence-corrected chi connectivity index (χ1v) is 8.08. The number of hydrogen-bond donors (Lipinski definition) is 0. The molecule has 0 fully saturated rings. The van der Waals surface area contributed by atoms with Gasteiger partial charge in [0.15, 0.2) is 17.7 Å². The van der Waals surface area contributed by atoms with Gasteiger partial charge in [0.1, 0.15) is 5.75 Å². The normalized spacial score (nSPS) is 12.2. The maximum absolute atomic E-state index is 14.1. The molecule has 0 N–H and O–H groups in total. The number of nitro groups is 1. The van der Waals surface area contributed by atoms with Gasteiger partial charge in [-0.1, -0.05) is 11.6 Å². The van der Waals surface area contributed by atoms with Gasteiger partial charge in [0.2, 0.25) is 5.75 Å². The Balaban J connectivity index is 2.40. The molecule has 0 saturated heterocycles. The van der Waals surface area contributed by atoms with Crippen molar-refractivity contribution < 1.29 is 41.5 Å². The Morgan fingerprint density at radius 2 is 1.90 bits per heavy atom. The Morgan fingerprint density at radius 3 is 2.41 bits per heavy atom. The Kier molecular flexibility index (Phi) is 6.52. The van der Waals surface area contributed by atoms with Gasteiger partial charge in [-0.3, -0.25) is 10.1 Å². The van der Waals surface area contributed by atoms with E-state index in [9.17, 15) is 32.5 Å². The molecule has 0 spiro atoms. The Morgan fingerprint density at radius 1 is 1.24 bits per heavy atom. The fraction of sp³-hybridized carbons (Fsp3) is 0.235. The van der Waals surface area contributed by atoms with Crippen LogP contribution in [0.1, 0.15) is 12.5 Å². The van der Waals surface area contributed by atoms with E-state index in [4.69, 9.17) is 21.1 Å². The molecule has 0 aliphatic rings. The second kappa shape index (κ2) is 8.52. The number of carbonyl (C=O) groups excluding carboxylic acids is 1. The first-order valence-electron chi connectivity index (χ1n) is 7.71. The summed E-state index contributed by atoms with van der Waals surface area (Å²) in [6.07, 6.45) is -6.04. The third kappa shape index (κ3) is 5.25. The Bertz CT molecular complexity index is 927. The van der Waals surface area contributed by atoms with E-state index in [-0.39, 0.29) is 11.8 Å². The minimum atomic E-state index is -4.82. The summed E-state index contributed by atoms with van der Waals surface area (Å²) in [5.41, 5.74) is -1.85. The zero-order chi connectivity index (χ0) is 21.9. The highest BCUT2D eigenvalue weighted by Gasteiger charge is 2.33. The van der Waals surface area contributed by atoms with Crippen LogP contribution in [-0.4, -0.2) is 24.1 Å². The average molecular weight is 438 g/mol. The number of esters is 1. The van der Waals surface area contributed by atoms with Gasteiger partial charge < -0.3 is 14.2 Å². The van der Waals surface area contributed by atoms with E-state index >= 15 is 0 Å². The predicted molar refractivity (Wildman–Crippen MR) is 91.7 cm³/mol. The summed E-state index contributed by atoms with van der Waals surface area (Å²) in [7, 11) is 1.09. The van der Waals surface area contributed by atoms with Gasteiger partial charge in [-0.05, 0) is 25.1 Å². The van der Waals surface area contributed by atoms with E-state index < -0.39 is 56.8 Å². The van der Waals surface area contributed by atoms with Crippen molar-refractivity contribution in [2.24, 2.45) is 0 Å². The van der Waals surface area contributed by atoms with Crippen LogP contribution in [0.15, 0.2) is 30.3 Å². The molecule has 2 aromatic rings. The van der Waals surface area contributed by atoms with Crippen LogP contribution in [0, 0.1) is 15.9 Å². The maximum atomic E-state index is 14.1. The number of benzene rings is 2. The third-order valence-electron chi connectivity index (χ3n) is 3.51. The fourth-order valence-electron chi connectivity index (χ4n) is 2.15. The Labute approximate surface area is 165 Å². The van der Waals surface area contributed by atoms with Crippen LogP contribution >= 0.6 is 11.6 Å². The van der Waals surface area contributed by atoms with Gasteiger partial charge in [0.25, 0.3) is 0 Å². The largest absolute Gasteiger partial charge is 0.472 e. The molecule has 0 saturated carbocycles. The molecule has 0 aliphatic heterocycles. The highest BCUT2D eigenvalue weighted by Crippen LogP contribution is 2.40. The van der Waals surface area contributed by atoms with Crippen LogP contribution in [0.3, 0.4) is 0 Å². The van der Waals surface area contributed by atoms with E-state index in [0.717, 1.165) is 25.3 Å². The topological polar surface area (TPSA) is 87.9 Å². The lowest BCUT2D eigenvalue weighted by atomic mass is 10.2. The summed E-state index contributed by atoms with van der Waals surface area (Å²) in [6, 6.07) is 3.64. The molecule has 7 nitrogen and oxygen atoms in total. The fourth-order valence-corrected chi connectivity index (χ4v) is 2.39. The number of carbonyl (C=O) groups is 1. The molecule has 2 aromatic carbocycles. The number of rotatable bonds is 6. The maximum Gasteiger partial charge on any atom is 0.416 e. The Hall–Kier alpha value is -3.08. The average Bonchev–Trinajstić information content (AvgIpc) is 2.62. The van der Waals surface area contributed by atoms with Gasteiger partial charge in [-0.15, -0.1) is 0 Å². The van der Waals surface area contributed by atoms with E-state index in [1.54, 1.807) is 0 Å². The molecule has 0 bridgehead atoms. The predicted octanol–water partition coefficient (Wildman–Crippen LogP) is 5.14. The minimum Gasteiger partial charge on any atom is -0.472 e. The van der Waals surface area contributed by atoms with Crippen molar-refractivity contribution in [1.29, 1.82) is 0 Å². The van der Waals surface area contributed by atoms with E-state index in [0.29, 0.717) is 6.07 Å². The second-order valence-corrected chi connectivity index (χ2v) is 5.95. The number of nitrogens with zero attached hydrogens (tertiary/aromatic N) is 1. The quantitative estimate of drug-likeness (QED) is 0.269. The minimum absolute atomic E-state index is 0.198. The summed E-state index contributed by atoms with van der Waals surface area (Å²) < 4.78 is 67.0. The SMILES string of the molecule is COC(=O)[C@@H](C)Oc1cc(Oc2c(F)cc(C(F)(F)F)cc2Cl)ccc1[N+](=O)[O-]. The lowest BCUT2D eigenvalue weighted by Crippen LogP contribution is -2.25. The van der Waals surface area contributed by atoms with Crippen molar-refractivity contribution in [3.63, 3.8) is 0 Å². The zero-order valence-electron chi connectivity index (χ0n) is 14.8. The number of methoxy groups -OCH3 is 1. The van der Waals surface area contributed by atoms with Gasteiger partial charge in [-0.2, -0.15) is 13.2 Å². The van der Waals surface area contributed by atoms with Gasteiger partial charge in [0.05, 0.1) is 22.6 Å². The summed E-state index contributed by atoms with van der Waals surface area (Å²) in [5, 5.41) is 10.5. The second-order valence-electron chi connectivity index (χ2n) is 5.54. The van der Waals surface area contributed by atoms with E-state index in [1.807, 2.05) is 0 Å². The van der Waals surface area contributed by atoms with Crippen molar-refractivity contribution >= 4 is 23.3 Å². The molecule has 0 heterocycles. The van der Waals surface area contributed by atoms with Gasteiger partial charge in [-0.25, -0.2) is 9.18 Å². The molecule has 1 atom stereocenters. The van der Waals surface area contributed by atoms with Crippen molar-refractivity contribution in [1.82, 2.24) is 0 Å². The van der Waals surface area contributed by atoms with Crippen LogP contribution in [0.4, 0.5) is 23.2 Å². The van der Waals surface area contributed by atoms with Gasteiger partial charge in [0, 0.05) is 12.1 Å². The van der Waals surface area contributed by atoms with Crippen molar-refractivity contribution in [2.45, 2.75) is 19.2 Å². The number of hydrogen-bond acceptors (Lipinski definition) is 6. The number of alkyl halides is 3. The third-order valence-corrected chi connectivity index (χ3v) is 3.79. The molecule has 2 rings (SSSR count). The van der Waals surface area contributed by atoms with Gasteiger partial charge >= 0.3 is 17.8 Å². The summed E-state index contributed by atoms with van der Waals surface area (Å²) in [5.74, 6) is -3.58. The summed E-state index contributed by atoms with van der Waals surface area (Å²) in [6.45, 7) is 1.27. The lowest BCUT2D eigenvalue weighted by molar-refractivity contribution is -0.386. The monoisotopic (exact) mass is 437 g/mol. The van der Waals surface area contributed by atoms with Crippen molar-refractivity contribution in [3.05, 3.63) is 56.8 Å². The smallest absolute Gasteiger partial charge is 0.416 e. The van der Waals surface area contributed by atoms with Crippen LogP contribution in [0.25, 0.3) is 0 Å². The van der Waals surface area contributed by atoms with E-state index in [2.05, 4.69) is 4.74 Å². The highest BCUT2D eigenvalue weighted by atomic mass is 35.5. The molecule has 0 amide bonds. The summed E-state index contributed by atoms with van der Waals surface area (Å²) in [4.78, 5) is 21.8. The number of ether oxygens (including phenoxy) is 3. The number of halogens is 5. The number of nitro benzene ring substituents is 1. The van der Waals surface area contributed by atoms with Crippen LogP contribution in [0.5, 0.6) is 17.2 Å². The first kappa shape index (κ1) is 22.2. The molecule has 29 heavy (non-hydrogen) atoms. The molecule has 0 radical (unpaired) electrons. The standard InChI is InChI=1S/C17H12ClF4NO6/c1-8(16(24)27-2)28-14-7-10(3-4-13(14)23(25)26)29-15-11(18)5-9(6-12(15)19)17(20,21)22/h3-8H,1-2H3/t8-/m1/s1. The molecule has 12 heteroatoms. The molecular formula is C17H12ClF4NO6. The van der Waals surface area contributed by atoms with Crippen LogP contribution in [0.2, 0.25) is 5.02 Å². The molecule has 0 unspecified atom stereocenters. The van der Waals surface area contributed by atoms with Crippen LogP contribution in [-0.2, 0) is 15.7 Å². The molecule has 156 valence electrons. The van der Waals surface area contributed by atoms with Crippen molar-refractivity contribution in [3.8, 4) is 17.2 Å². The summed E-state index contributed by atoms with van der Waals surface area (Å²) >= 11 is 5.69. The lowest BCUT2D eigenvalue weighted by Gasteiger charge is -2.15. The molecule has 0 aromatic heterocycles.